The van der Waals surface area contributed by atoms with Crippen LogP contribution in [-0.4, -0.2) is 37.6 Å². The van der Waals surface area contributed by atoms with Crippen molar-refractivity contribution in [1.29, 1.82) is 0 Å². The van der Waals surface area contributed by atoms with Crippen molar-refractivity contribution in [3.63, 3.8) is 0 Å². The quantitative estimate of drug-likeness (QED) is 0.699. The third-order valence-electron chi connectivity index (χ3n) is 3.00. The van der Waals surface area contributed by atoms with Crippen LogP contribution in [0.2, 0.25) is 0 Å². The predicted octanol–water partition coefficient (Wildman–Crippen LogP) is 0.943. The molecule has 1 atom stereocenters. The zero-order valence-corrected chi connectivity index (χ0v) is 15.6. The number of carbonyl (C=O) groups excluding carboxylic acids is 2. The Labute approximate surface area is 147 Å². The fourth-order valence-electron chi connectivity index (χ4n) is 1.83. The predicted molar refractivity (Wildman–Crippen MR) is 93.7 cm³/mol. The number of hydrogen-bond donors (Lipinski definition) is 3. The summed E-state index contributed by atoms with van der Waals surface area (Å²) in [6.07, 6.45) is 0. The van der Waals surface area contributed by atoms with Crippen LogP contribution in [0.1, 0.15) is 12.6 Å². The Kier molecular flexibility index (Phi) is 5.38. The first-order valence-corrected chi connectivity index (χ1v) is 9.91. The smallest absolute Gasteiger partial charge is 0.252 e. The number of thiazole rings is 1. The number of rotatable bonds is 5. The molecule has 0 aliphatic rings. The summed E-state index contributed by atoms with van der Waals surface area (Å²) in [5.41, 5.74) is 6.20. The highest BCUT2D eigenvalue weighted by Gasteiger charge is 2.31. The van der Waals surface area contributed by atoms with Gasteiger partial charge in [-0.15, -0.1) is 11.3 Å². The summed E-state index contributed by atoms with van der Waals surface area (Å²) < 4.78 is 24.7. The molecule has 0 aliphatic heterocycles. The highest BCUT2D eigenvalue weighted by atomic mass is 32.2. The molecule has 0 bridgehead atoms. The van der Waals surface area contributed by atoms with Crippen LogP contribution in [0.3, 0.4) is 0 Å². The maximum atomic E-state index is 12.4. The number of nitrogens with two attached hydrogens (primary N) is 1. The van der Waals surface area contributed by atoms with E-state index in [1.807, 2.05) is 0 Å². The topological polar surface area (TPSA) is 131 Å². The molecule has 2 aromatic rings. The number of nitrogens with one attached hydrogen (secondary N) is 2. The Balaban J connectivity index is 2.36. The number of hydrogen-bond acceptors (Lipinski definition) is 8. The molecule has 4 N–H and O–H groups in total. The monoisotopic (exact) mass is 388 g/mol. The van der Waals surface area contributed by atoms with Crippen LogP contribution in [0.25, 0.3) is 9.75 Å². The fourth-order valence-corrected chi connectivity index (χ4v) is 5.70. The van der Waals surface area contributed by atoms with Gasteiger partial charge in [-0.25, -0.2) is 13.4 Å². The van der Waals surface area contributed by atoms with Gasteiger partial charge in [-0.3, -0.25) is 9.59 Å². The van der Waals surface area contributed by atoms with Crippen molar-refractivity contribution in [2.45, 2.75) is 23.4 Å². The lowest BCUT2D eigenvalue weighted by atomic mass is 10.3. The van der Waals surface area contributed by atoms with E-state index in [0.29, 0.717) is 15.7 Å². The molecule has 0 saturated carbocycles. The molecule has 0 aromatic carbocycles. The van der Waals surface area contributed by atoms with E-state index in [9.17, 15) is 18.0 Å². The Hall–Kier alpha value is -1.82. The standard InChI is InChI=1S/C13H16N4O4S3/c1-6-10(23-13(16-6)17-7(2)18)8-4-5-9(22-8)24(20,21)11(14)12(19)15-3/h4-5,11H,14H2,1-3H3,(H,15,19)(H,16,17,18). The van der Waals surface area contributed by atoms with Crippen LogP contribution in [0, 0.1) is 6.92 Å². The summed E-state index contributed by atoms with van der Waals surface area (Å²) in [7, 11) is -2.64. The number of amides is 2. The molecule has 2 heterocycles. The molecule has 2 amide bonds. The summed E-state index contributed by atoms with van der Waals surface area (Å²) in [6.45, 7) is 3.15. The first kappa shape index (κ1) is 18.5. The van der Waals surface area contributed by atoms with Crippen LogP contribution >= 0.6 is 22.7 Å². The third-order valence-corrected chi connectivity index (χ3v) is 7.66. The van der Waals surface area contributed by atoms with Gasteiger partial charge in [0.1, 0.15) is 4.21 Å². The van der Waals surface area contributed by atoms with Crippen molar-refractivity contribution in [3.05, 3.63) is 17.8 Å². The molecule has 11 heteroatoms. The molecular formula is C13H16N4O4S3. The number of carbonyl (C=O) groups is 2. The maximum absolute atomic E-state index is 12.4. The lowest BCUT2D eigenvalue weighted by molar-refractivity contribution is -0.120. The number of likely N-dealkylation sites (N-methyl/N-ethyl adjacent to an activating group) is 1. The van der Waals surface area contributed by atoms with Gasteiger partial charge in [0.2, 0.25) is 15.7 Å². The van der Waals surface area contributed by atoms with Gasteiger partial charge in [0.05, 0.1) is 10.6 Å². The summed E-state index contributed by atoms with van der Waals surface area (Å²) in [4.78, 5) is 28.3. The highest BCUT2D eigenvalue weighted by Crippen LogP contribution is 2.38. The average molecular weight is 388 g/mol. The zero-order chi connectivity index (χ0) is 18.1. The van der Waals surface area contributed by atoms with Gasteiger partial charge < -0.3 is 16.4 Å². The third kappa shape index (κ3) is 3.64. The molecule has 0 aliphatic carbocycles. The number of nitrogens with zero attached hydrogens (tertiary/aromatic N) is 1. The molecule has 24 heavy (non-hydrogen) atoms. The second-order valence-corrected chi connectivity index (χ2v) is 9.19. The molecule has 2 rings (SSSR count). The second-order valence-electron chi connectivity index (χ2n) is 4.81. The van der Waals surface area contributed by atoms with Gasteiger partial charge in [0, 0.05) is 18.8 Å². The van der Waals surface area contributed by atoms with Gasteiger partial charge >= 0.3 is 0 Å². The van der Waals surface area contributed by atoms with Crippen LogP contribution in [0.4, 0.5) is 5.13 Å². The van der Waals surface area contributed by atoms with Crippen molar-refractivity contribution in [3.8, 4) is 9.75 Å². The Morgan fingerprint density at radius 3 is 2.54 bits per heavy atom. The summed E-state index contributed by atoms with van der Waals surface area (Å²) in [5, 5.41) is 3.60. The molecule has 0 radical (unpaired) electrons. The van der Waals surface area contributed by atoms with E-state index in [2.05, 4.69) is 15.6 Å². The maximum Gasteiger partial charge on any atom is 0.252 e. The summed E-state index contributed by atoms with van der Waals surface area (Å²) in [5.74, 6) is -1.01. The number of aromatic nitrogens is 1. The van der Waals surface area contributed by atoms with E-state index in [0.717, 1.165) is 16.2 Å². The van der Waals surface area contributed by atoms with E-state index in [1.54, 1.807) is 13.0 Å². The van der Waals surface area contributed by atoms with Gasteiger partial charge in [-0.2, -0.15) is 0 Å². The zero-order valence-electron chi connectivity index (χ0n) is 13.1. The molecule has 8 nitrogen and oxygen atoms in total. The number of sulfone groups is 1. The number of aryl methyl sites for hydroxylation is 1. The highest BCUT2D eigenvalue weighted by molar-refractivity contribution is 7.94. The Morgan fingerprint density at radius 2 is 1.96 bits per heavy atom. The first-order chi connectivity index (χ1) is 11.2. The Bertz CT molecular complexity index is 885. The molecule has 1 unspecified atom stereocenters. The van der Waals surface area contributed by atoms with Crippen molar-refractivity contribution in [2.24, 2.45) is 5.73 Å². The molecular weight excluding hydrogens is 372 g/mol. The molecule has 2 aromatic heterocycles. The molecule has 0 fully saturated rings. The van der Waals surface area contributed by atoms with Gasteiger partial charge in [0.15, 0.2) is 10.5 Å². The van der Waals surface area contributed by atoms with E-state index < -0.39 is 21.1 Å². The lowest BCUT2D eigenvalue weighted by Gasteiger charge is -2.09. The summed E-state index contributed by atoms with van der Waals surface area (Å²) in [6, 6.07) is 3.04. The van der Waals surface area contributed by atoms with Crippen molar-refractivity contribution < 1.29 is 18.0 Å². The van der Waals surface area contributed by atoms with Gasteiger partial charge in [0.25, 0.3) is 5.91 Å². The van der Waals surface area contributed by atoms with Gasteiger partial charge in [-0.1, -0.05) is 11.3 Å². The Morgan fingerprint density at radius 1 is 1.29 bits per heavy atom. The number of thiophene rings is 1. The normalized spacial score (nSPS) is 12.7. The largest absolute Gasteiger partial charge is 0.357 e. The SMILES string of the molecule is CNC(=O)C(N)S(=O)(=O)c1ccc(-c2sc(NC(C)=O)nc2C)s1. The molecule has 0 spiro atoms. The van der Waals surface area contributed by atoms with Crippen molar-refractivity contribution in [2.75, 3.05) is 12.4 Å². The van der Waals surface area contributed by atoms with E-state index >= 15 is 0 Å². The van der Waals surface area contributed by atoms with E-state index in [4.69, 9.17) is 5.73 Å². The number of anilines is 1. The average Bonchev–Trinajstić information content (AvgIpc) is 3.12. The van der Waals surface area contributed by atoms with Crippen LogP contribution in [0.15, 0.2) is 16.3 Å². The second kappa shape index (κ2) is 6.97. The minimum atomic E-state index is -3.96. The molecule has 130 valence electrons. The minimum absolute atomic E-state index is 0.00229. The van der Waals surface area contributed by atoms with Crippen LogP contribution < -0.4 is 16.4 Å². The minimum Gasteiger partial charge on any atom is -0.357 e. The van der Waals surface area contributed by atoms with Crippen molar-refractivity contribution >= 4 is 49.5 Å². The van der Waals surface area contributed by atoms with Crippen molar-refractivity contribution in [1.82, 2.24) is 10.3 Å². The fraction of sp³-hybridized carbons (Fsp3) is 0.308. The van der Waals surface area contributed by atoms with Crippen LogP contribution in [0.5, 0.6) is 0 Å². The first-order valence-electron chi connectivity index (χ1n) is 6.73. The lowest BCUT2D eigenvalue weighted by Crippen LogP contribution is -2.44. The van der Waals surface area contributed by atoms with Gasteiger partial charge in [-0.05, 0) is 19.1 Å². The van der Waals surface area contributed by atoms with E-state index in [-0.39, 0.29) is 10.1 Å². The van der Waals surface area contributed by atoms with Crippen LogP contribution in [-0.2, 0) is 19.4 Å². The summed E-state index contributed by atoms with van der Waals surface area (Å²) >= 11 is 2.25. The molecule has 0 saturated heterocycles. The van der Waals surface area contributed by atoms with E-state index in [1.165, 1.54) is 31.4 Å².